The molecule has 0 aliphatic rings. The number of amides is 4. The van der Waals surface area contributed by atoms with Crippen LogP contribution in [0, 0.1) is 13.8 Å². The zero-order chi connectivity index (χ0) is 41.2. The second kappa shape index (κ2) is 22.9. The molecule has 4 atom stereocenters. The lowest BCUT2D eigenvalue weighted by molar-refractivity contribution is -0.141. The molecule has 3 rings (SSSR count). The number of primary amides is 1. The van der Waals surface area contributed by atoms with Crippen LogP contribution in [-0.2, 0) is 43.2 Å². The van der Waals surface area contributed by atoms with Gasteiger partial charge in [-0.2, -0.15) is 0 Å². The molecular formula is C42H58N6O8. The number of carbonyl (C=O) groups is 5. The van der Waals surface area contributed by atoms with Gasteiger partial charge in [-0.3, -0.25) is 24.0 Å². The summed E-state index contributed by atoms with van der Waals surface area (Å²) < 4.78 is 5.97. The average Bonchev–Trinajstić information content (AvgIpc) is 3.16. The van der Waals surface area contributed by atoms with Crippen molar-refractivity contribution >= 4 is 29.6 Å². The number of carboxylic acids is 1. The number of hydrogen-bond donors (Lipinski definition) is 8. The molecule has 0 spiro atoms. The Morgan fingerprint density at radius 1 is 0.786 bits per heavy atom. The molecule has 14 heteroatoms. The number of aryl methyl sites for hydroxylation is 4. The summed E-state index contributed by atoms with van der Waals surface area (Å²) in [7, 11) is 1.92. The van der Waals surface area contributed by atoms with Crippen molar-refractivity contribution in [3.05, 3.63) is 88.5 Å². The Labute approximate surface area is 329 Å². The highest BCUT2D eigenvalue weighted by atomic mass is 16.5. The van der Waals surface area contributed by atoms with Crippen molar-refractivity contribution in [2.75, 3.05) is 26.8 Å². The summed E-state index contributed by atoms with van der Waals surface area (Å²) in [5.74, 6) is -3.98. The Morgan fingerprint density at radius 3 is 2.04 bits per heavy atom. The molecule has 0 fully saturated rings. The van der Waals surface area contributed by atoms with Crippen molar-refractivity contribution in [2.24, 2.45) is 11.5 Å². The highest BCUT2D eigenvalue weighted by Gasteiger charge is 2.31. The van der Waals surface area contributed by atoms with Gasteiger partial charge in [0.1, 0.15) is 29.9 Å². The van der Waals surface area contributed by atoms with Crippen LogP contribution < -0.4 is 37.5 Å². The first-order chi connectivity index (χ1) is 26.7. The molecule has 0 saturated heterocycles. The van der Waals surface area contributed by atoms with E-state index in [0.717, 1.165) is 64.9 Å². The number of carbonyl (C=O) groups excluding carboxylic acids is 4. The first kappa shape index (κ1) is 45.1. The van der Waals surface area contributed by atoms with Gasteiger partial charge in [0.05, 0.1) is 19.6 Å². The lowest BCUT2D eigenvalue weighted by Gasteiger charge is -2.25. The zero-order valence-electron chi connectivity index (χ0n) is 32.9. The topological polar surface area (TPSA) is 235 Å². The Kier molecular flexibility index (Phi) is 18.5. The van der Waals surface area contributed by atoms with E-state index in [0.29, 0.717) is 25.0 Å². The van der Waals surface area contributed by atoms with E-state index < -0.39 is 66.8 Å². The Balaban J connectivity index is 1.84. The number of aliphatic hydroxyl groups excluding tert-OH is 1. The van der Waals surface area contributed by atoms with Gasteiger partial charge in [-0.25, -0.2) is 0 Å². The molecule has 3 aromatic rings. The highest BCUT2D eigenvalue weighted by molar-refractivity contribution is 5.96. The molecule has 0 bridgehead atoms. The van der Waals surface area contributed by atoms with Gasteiger partial charge in [0.2, 0.25) is 23.6 Å². The normalized spacial score (nSPS) is 13.2. The first-order valence-electron chi connectivity index (χ1n) is 19.1. The van der Waals surface area contributed by atoms with E-state index in [1.165, 1.54) is 0 Å². The number of ether oxygens (including phenoxy) is 1. The molecule has 0 aliphatic carbocycles. The third kappa shape index (κ3) is 14.7. The van der Waals surface area contributed by atoms with Crippen LogP contribution in [-0.4, -0.2) is 90.8 Å². The molecule has 10 N–H and O–H groups in total. The van der Waals surface area contributed by atoms with Crippen molar-refractivity contribution in [1.82, 2.24) is 21.3 Å². The number of nitrogens with one attached hydrogen (secondary N) is 4. The Morgan fingerprint density at radius 2 is 1.43 bits per heavy atom. The standard InChI is InChI=1S/C42H58N6O8/c1-5-30-23-32(56-18-7-6-17-45-4)15-16-33(30)31-13-11-28(12-14-31)22-36(48-42(55)37(24-38(50)51)47-40(53)34(43)25-49)41(54)46-35(39(44)52)10-8-9-29-20-26(2)19-27(3)21-29/h11-16,19-21,23,34-37,45,49H,5-10,17-18,22,24-25,43H2,1-4H3,(H2,44,52)(H,46,54)(H,47,53)(H,48,55)(H,50,51)/t34-,35-,36-,37-/m0/s1. The number of benzene rings is 3. The summed E-state index contributed by atoms with van der Waals surface area (Å²) >= 11 is 0. The maximum Gasteiger partial charge on any atom is 0.305 e. The van der Waals surface area contributed by atoms with E-state index in [1.54, 1.807) is 0 Å². The fourth-order valence-corrected chi connectivity index (χ4v) is 6.39. The van der Waals surface area contributed by atoms with Crippen molar-refractivity contribution in [3.63, 3.8) is 0 Å². The summed E-state index contributed by atoms with van der Waals surface area (Å²) in [4.78, 5) is 64.0. The molecule has 0 aromatic heterocycles. The van der Waals surface area contributed by atoms with Crippen LogP contribution >= 0.6 is 0 Å². The number of unbranched alkanes of at least 4 members (excludes halogenated alkanes) is 1. The summed E-state index contributed by atoms with van der Waals surface area (Å²) in [6.07, 6.45) is 3.29. The molecule has 0 radical (unpaired) electrons. The fourth-order valence-electron chi connectivity index (χ4n) is 6.39. The van der Waals surface area contributed by atoms with E-state index in [1.807, 2.05) is 63.4 Å². The monoisotopic (exact) mass is 774 g/mol. The largest absolute Gasteiger partial charge is 0.494 e. The van der Waals surface area contributed by atoms with Gasteiger partial charge in [0.15, 0.2) is 0 Å². The van der Waals surface area contributed by atoms with Gasteiger partial charge in [0, 0.05) is 6.42 Å². The number of aliphatic hydroxyl groups is 1. The molecule has 4 amide bonds. The third-order valence-electron chi connectivity index (χ3n) is 9.33. The van der Waals surface area contributed by atoms with Crippen LogP contribution in [0.5, 0.6) is 5.75 Å². The second-order valence-electron chi connectivity index (χ2n) is 14.1. The summed E-state index contributed by atoms with van der Waals surface area (Å²) in [6, 6.07) is 14.2. The van der Waals surface area contributed by atoms with Crippen LogP contribution in [0.25, 0.3) is 11.1 Å². The predicted molar refractivity (Wildman–Crippen MR) is 215 cm³/mol. The van der Waals surface area contributed by atoms with Crippen molar-refractivity contribution < 1.29 is 38.9 Å². The van der Waals surface area contributed by atoms with Gasteiger partial charge in [-0.15, -0.1) is 0 Å². The third-order valence-corrected chi connectivity index (χ3v) is 9.33. The van der Waals surface area contributed by atoms with Crippen LogP contribution in [0.3, 0.4) is 0 Å². The molecule has 0 heterocycles. The average molecular weight is 775 g/mol. The second-order valence-corrected chi connectivity index (χ2v) is 14.1. The minimum absolute atomic E-state index is 0.0449. The van der Waals surface area contributed by atoms with E-state index in [4.69, 9.17) is 16.2 Å². The molecule has 56 heavy (non-hydrogen) atoms. The summed E-state index contributed by atoms with van der Waals surface area (Å²) in [6.45, 7) is 6.89. The number of rotatable bonds is 24. The summed E-state index contributed by atoms with van der Waals surface area (Å²) in [5.41, 5.74) is 18.3. The first-order valence-corrected chi connectivity index (χ1v) is 19.1. The van der Waals surface area contributed by atoms with Gasteiger partial charge in [-0.05, 0) is 106 Å². The van der Waals surface area contributed by atoms with Crippen molar-refractivity contribution in [1.29, 1.82) is 0 Å². The smallest absolute Gasteiger partial charge is 0.305 e. The lowest BCUT2D eigenvalue weighted by Crippen LogP contribution is -2.58. The molecule has 0 unspecified atom stereocenters. The van der Waals surface area contributed by atoms with Crippen LogP contribution in [0.1, 0.15) is 66.8 Å². The molecule has 0 saturated carbocycles. The molecule has 14 nitrogen and oxygen atoms in total. The SMILES string of the molecule is CCc1cc(OCCCCNC)ccc1-c1ccc(C[C@H](NC(=O)[C@H](CC(=O)O)NC(=O)[C@@H](N)CO)C(=O)N[C@@H](CCCc2cc(C)cc(C)c2)C(N)=O)cc1. The maximum absolute atomic E-state index is 13.9. The van der Waals surface area contributed by atoms with Crippen LogP contribution in [0.4, 0.5) is 0 Å². The van der Waals surface area contributed by atoms with Crippen molar-refractivity contribution in [3.8, 4) is 16.9 Å². The molecule has 3 aromatic carbocycles. The molecule has 0 aliphatic heterocycles. The van der Waals surface area contributed by atoms with Crippen LogP contribution in [0.15, 0.2) is 60.7 Å². The quantitative estimate of drug-likeness (QED) is 0.0618. The number of aliphatic carboxylic acids is 1. The van der Waals surface area contributed by atoms with Gasteiger partial charge in [0.25, 0.3) is 0 Å². The van der Waals surface area contributed by atoms with E-state index >= 15 is 0 Å². The van der Waals surface area contributed by atoms with E-state index in [-0.39, 0.29) is 12.8 Å². The van der Waals surface area contributed by atoms with Gasteiger partial charge >= 0.3 is 5.97 Å². The molecular weight excluding hydrogens is 716 g/mol. The maximum atomic E-state index is 13.9. The van der Waals surface area contributed by atoms with Gasteiger partial charge in [-0.1, -0.05) is 66.6 Å². The predicted octanol–water partition coefficient (Wildman–Crippen LogP) is 2.21. The minimum atomic E-state index is -1.62. The fraction of sp³-hybridized carbons (Fsp3) is 0.452. The van der Waals surface area contributed by atoms with E-state index in [9.17, 15) is 34.2 Å². The zero-order valence-corrected chi connectivity index (χ0v) is 32.9. The van der Waals surface area contributed by atoms with Crippen LogP contribution in [0.2, 0.25) is 0 Å². The van der Waals surface area contributed by atoms with E-state index in [2.05, 4.69) is 46.4 Å². The highest BCUT2D eigenvalue weighted by Crippen LogP contribution is 2.29. The molecule has 304 valence electrons. The Hall–Kier alpha value is -5.31. The number of nitrogens with two attached hydrogens (primary N) is 2. The van der Waals surface area contributed by atoms with Gasteiger partial charge < -0.3 is 47.7 Å². The van der Waals surface area contributed by atoms with Crippen molar-refractivity contribution in [2.45, 2.75) is 96.3 Å². The lowest BCUT2D eigenvalue weighted by atomic mass is 9.95. The minimum Gasteiger partial charge on any atom is -0.494 e. The number of carboxylic acid groups (broad SMARTS) is 1. The summed E-state index contributed by atoms with van der Waals surface area (Å²) in [5, 5.41) is 29.4. The number of hydrogen-bond acceptors (Lipinski definition) is 9. The Bertz CT molecular complexity index is 1760.